The van der Waals surface area contributed by atoms with Crippen LogP contribution in [0.1, 0.15) is 21.5 Å². The van der Waals surface area contributed by atoms with Crippen LogP contribution < -0.4 is 10.3 Å². The first-order valence-electron chi connectivity index (χ1n) is 7.97. The van der Waals surface area contributed by atoms with Crippen molar-refractivity contribution in [2.75, 3.05) is 5.73 Å². The molecule has 0 fully saturated rings. The number of anilines is 1. The molecule has 2 N–H and O–H groups in total. The zero-order valence-electron chi connectivity index (χ0n) is 14.3. The van der Waals surface area contributed by atoms with E-state index in [1.807, 2.05) is 49.0 Å². The van der Waals surface area contributed by atoms with Gasteiger partial charge in [-0.15, -0.1) is 0 Å². The minimum atomic E-state index is 0.0488. The van der Waals surface area contributed by atoms with Gasteiger partial charge in [-0.05, 0) is 13.8 Å². The summed E-state index contributed by atoms with van der Waals surface area (Å²) in [6, 6.07) is 15.9. The molecule has 4 nitrogen and oxygen atoms in total. The summed E-state index contributed by atoms with van der Waals surface area (Å²) in [5.74, 6) is 0.610. The third-order valence-corrected chi connectivity index (χ3v) is 4.31. The fourth-order valence-electron chi connectivity index (χ4n) is 2.72. The van der Waals surface area contributed by atoms with Crippen molar-refractivity contribution in [3.63, 3.8) is 0 Å². The highest BCUT2D eigenvalue weighted by atomic mass is 16.1. The van der Waals surface area contributed by atoms with Gasteiger partial charge in [0.2, 0.25) is 0 Å². The number of aryl methyl sites for hydroxylation is 2. The predicted octanol–water partition coefficient (Wildman–Crippen LogP) is 3.06. The minimum Gasteiger partial charge on any atom is -0.291 e. The number of hydrogen-bond acceptors (Lipinski definition) is 2. The molecule has 0 unspecified atom stereocenters. The van der Waals surface area contributed by atoms with Crippen molar-refractivity contribution in [1.29, 1.82) is 0 Å². The van der Waals surface area contributed by atoms with Crippen LogP contribution in [0.15, 0.2) is 54.7 Å². The molecule has 1 aromatic heterocycles. The monoisotopic (exact) mass is 320 g/mol. The fraction of sp³-hybridized carbons (Fsp3) is 0.200. The number of carbonyl (C=O) groups is 1. The second kappa shape index (κ2) is 6.32. The van der Waals surface area contributed by atoms with Crippen LogP contribution in [0.2, 0.25) is 0 Å². The number of aromatic nitrogens is 2. The topological polar surface area (TPSA) is 51.9 Å². The predicted molar refractivity (Wildman–Crippen MR) is 95.7 cm³/mol. The molecule has 3 rings (SSSR count). The van der Waals surface area contributed by atoms with Gasteiger partial charge in [0.05, 0.1) is 7.05 Å². The van der Waals surface area contributed by atoms with Crippen molar-refractivity contribution in [3.05, 3.63) is 71.4 Å². The quantitative estimate of drug-likeness (QED) is 0.593. The van der Waals surface area contributed by atoms with Gasteiger partial charge in [0.25, 0.3) is 0 Å². The molecule has 2 aromatic carbocycles. The highest BCUT2D eigenvalue weighted by Crippen LogP contribution is 2.20. The molecule has 4 heteroatoms. The van der Waals surface area contributed by atoms with Crippen molar-refractivity contribution >= 4 is 11.7 Å². The first-order valence-corrected chi connectivity index (χ1v) is 7.97. The number of carbonyl (C=O) groups excluding carboxylic acids is 1. The second-order valence-corrected chi connectivity index (χ2v) is 6.21. The number of Topliss-reactive ketones (excluding diaryl/α,β-unsaturated/α-hetero) is 1. The van der Waals surface area contributed by atoms with E-state index in [0.717, 1.165) is 16.8 Å². The molecule has 0 radical (unpaired) electrons. The Hall–Kier alpha value is -2.88. The van der Waals surface area contributed by atoms with E-state index < -0.39 is 0 Å². The van der Waals surface area contributed by atoms with Crippen LogP contribution in [0.4, 0.5) is 5.95 Å². The van der Waals surface area contributed by atoms with Gasteiger partial charge in [0.15, 0.2) is 5.78 Å². The van der Waals surface area contributed by atoms with Gasteiger partial charge in [0.1, 0.15) is 18.4 Å². The summed E-state index contributed by atoms with van der Waals surface area (Å²) < 4.78 is 3.71. The standard InChI is InChI=1S/C20H21N3O/c1-14-4-8-16(9-5-14)18-12-23(20(21)22(18)3)13-19(24)17-10-6-15(2)7-11-17/h4-12,21H,13H2,1-3H3/p+1. The lowest BCUT2D eigenvalue weighted by molar-refractivity contribution is -0.667. The number of ketones is 1. The molecule has 0 aliphatic rings. The fourth-order valence-corrected chi connectivity index (χ4v) is 2.72. The summed E-state index contributed by atoms with van der Waals surface area (Å²) in [7, 11) is 1.91. The molecule has 0 saturated heterocycles. The summed E-state index contributed by atoms with van der Waals surface area (Å²) in [5.41, 5.74) is 11.3. The van der Waals surface area contributed by atoms with E-state index in [-0.39, 0.29) is 12.3 Å². The molecular weight excluding hydrogens is 298 g/mol. The van der Waals surface area contributed by atoms with Crippen LogP contribution in [0, 0.1) is 13.8 Å². The number of nitrogens with two attached hydrogens (primary N) is 1. The lowest BCUT2D eigenvalue weighted by Crippen LogP contribution is -2.39. The zero-order valence-corrected chi connectivity index (χ0v) is 14.3. The van der Waals surface area contributed by atoms with Crippen LogP contribution in [-0.4, -0.2) is 10.4 Å². The Bertz CT molecular complexity index is 874. The van der Waals surface area contributed by atoms with Crippen LogP contribution in [0.5, 0.6) is 0 Å². The summed E-state index contributed by atoms with van der Waals surface area (Å²) in [4.78, 5) is 12.5. The second-order valence-electron chi connectivity index (χ2n) is 6.21. The lowest BCUT2D eigenvalue weighted by atomic mass is 10.1. The molecule has 0 aliphatic heterocycles. The first kappa shape index (κ1) is 16.0. The van der Waals surface area contributed by atoms with Crippen LogP contribution in [-0.2, 0) is 13.6 Å². The van der Waals surface area contributed by atoms with Gasteiger partial charge >= 0.3 is 5.95 Å². The Balaban J connectivity index is 1.89. The van der Waals surface area contributed by atoms with E-state index in [1.165, 1.54) is 5.56 Å². The average Bonchev–Trinajstić information content (AvgIpc) is 2.85. The van der Waals surface area contributed by atoms with Crippen molar-refractivity contribution in [1.82, 2.24) is 4.57 Å². The normalized spacial score (nSPS) is 10.8. The minimum absolute atomic E-state index is 0.0488. The van der Waals surface area contributed by atoms with Gasteiger partial charge < -0.3 is 0 Å². The number of imidazole rings is 1. The molecule has 1 heterocycles. The highest BCUT2D eigenvalue weighted by molar-refractivity contribution is 5.95. The molecule has 24 heavy (non-hydrogen) atoms. The Morgan fingerprint density at radius 3 is 2.12 bits per heavy atom. The number of hydrogen-bond donors (Lipinski definition) is 1. The van der Waals surface area contributed by atoms with Crippen molar-refractivity contribution in [2.24, 2.45) is 7.05 Å². The smallest absolute Gasteiger partial charge is 0.291 e. The number of nitrogen functional groups attached to an aromatic ring is 1. The highest BCUT2D eigenvalue weighted by Gasteiger charge is 2.20. The number of nitrogens with zero attached hydrogens (tertiary/aromatic N) is 2. The van der Waals surface area contributed by atoms with Crippen LogP contribution in [0.25, 0.3) is 11.3 Å². The third kappa shape index (κ3) is 3.08. The first-order chi connectivity index (χ1) is 11.5. The largest absolute Gasteiger partial charge is 0.355 e. The lowest BCUT2D eigenvalue weighted by Gasteiger charge is -2.01. The van der Waals surface area contributed by atoms with Crippen LogP contribution >= 0.6 is 0 Å². The SMILES string of the molecule is Cc1ccc(C(=O)C[n+]2cc(-c3ccc(C)cc3)n(C)c2N)cc1. The Labute approximate surface area is 142 Å². The summed E-state index contributed by atoms with van der Waals surface area (Å²) in [5, 5.41) is 0. The molecule has 0 atom stereocenters. The molecule has 122 valence electrons. The van der Waals surface area contributed by atoms with E-state index in [9.17, 15) is 4.79 Å². The number of benzene rings is 2. The molecule has 0 saturated carbocycles. The Kier molecular flexibility index (Phi) is 4.21. The average molecular weight is 320 g/mol. The van der Waals surface area contributed by atoms with Crippen molar-refractivity contribution in [3.8, 4) is 11.3 Å². The summed E-state index contributed by atoms with van der Waals surface area (Å²) >= 11 is 0. The maximum atomic E-state index is 12.5. The van der Waals surface area contributed by atoms with E-state index in [0.29, 0.717) is 11.5 Å². The van der Waals surface area contributed by atoms with E-state index in [1.54, 1.807) is 4.57 Å². The molecule has 3 aromatic rings. The molecular formula is C20H22N3O+. The maximum absolute atomic E-state index is 12.5. The summed E-state index contributed by atoms with van der Waals surface area (Å²) in [6.07, 6.45) is 1.94. The van der Waals surface area contributed by atoms with Gasteiger partial charge in [0, 0.05) is 11.1 Å². The van der Waals surface area contributed by atoms with Gasteiger partial charge in [-0.25, -0.2) is 9.13 Å². The van der Waals surface area contributed by atoms with E-state index in [2.05, 4.69) is 31.2 Å². The maximum Gasteiger partial charge on any atom is 0.355 e. The van der Waals surface area contributed by atoms with E-state index in [4.69, 9.17) is 5.73 Å². The van der Waals surface area contributed by atoms with Crippen molar-refractivity contribution < 1.29 is 9.36 Å². The third-order valence-electron chi connectivity index (χ3n) is 4.31. The van der Waals surface area contributed by atoms with Crippen LogP contribution in [0.3, 0.4) is 0 Å². The zero-order chi connectivity index (χ0) is 17.3. The van der Waals surface area contributed by atoms with Gasteiger partial charge in [-0.1, -0.05) is 59.7 Å². The van der Waals surface area contributed by atoms with E-state index >= 15 is 0 Å². The Morgan fingerprint density at radius 2 is 1.54 bits per heavy atom. The molecule has 0 bridgehead atoms. The van der Waals surface area contributed by atoms with Gasteiger partial charge in [-0.2, -0.15) is 0 Å². The molecule has 0 amide bonds. The Morgan fingerprint density at radius 1 is 1.00 bits per heavy atom. The number of rotatable bonds is 4. The molecule has 0 aliphatic carbocycles. The molecule has 0 spiro atoms. The summed E-state index contributed by atoms with van der Waals surface area (Å²) in [6.45, 7) is 4.30. The van der Waals surface area contributed by atoms with Gasteiger partial charge in [-0.3, -0.25) is 10.5 Å². The van der Waals surface area contributed by atoms with Crippen molar-refractivity contribution in [2.45, 2.75) is 20.4 Å².